The van der Waals surface area contributed by atoms with Crippen molar-refractivity contribution in [2.45, 2.75) is 13.0 Å². The number of likely N-dealkylation sites (N-methyl/N-ethyl adjacent to an activating group) is 1. The molecule has 144 valence electrons. The van der Waals surface area contributed by atoms with E-state index in [1.165, 1.54) is 0 Å². The minimum absolute atomic E-state index is 0.00187. The highest BCUT2D eigenvalue weighted by atomic mass is 35.5. The van der Waals surface area contributed by atoms with Crippen LogP contribution in [-0.2, 0) is 9.59 Å². The largest absolute Gasteiger partial charge is 0.325 e. The lowest BCUT2D eigenvalue weighted by Gasteiger charge is -2.23. The smallest absolute Gasteiger partial charge is 0.241 e. The summed E-state index contributed by atoms with van der Waals surface area (Å²) in [7, 11) is 1.66. The molecule has 0 aliphatic rings. The average molecular weight is 449 g/mol. The van der Waals surface area contributed by atoms with E-state index >= 15 is 0 Å². The lowest BCUT2D eigenvalue weighted by Crippen LogP contribution is -2.43. The molecule has 0 unspecified atom stereocenters. The second-order valence-electron chi connectivity index (χ2n) is 5.86. The van der Waals surface area contributed by atoms with Crippen LogP contribution in [0.3, 0.4) is 0 Å². The molecular weight excluding hydrogens is 432 g/mol. The average Bonchev–Trinajstić information content (AvgIpc) is 2.61. The van der Waals surface area contributed by atoms with Crippen molar-refractivity contribution in [1.29, 1.82) is 0 Å². The molecule has 27 heavy (non-hydrogen) atoms. The monoisotopic (exact) mass is 447 g/mol. The quantitative estimate of drug-likeness (QED) is 0.638. The van der Waals surface area contributed by atoms with Gasteiger partial charge in [0.05, 0.1) is 38.4 Å². The molecule has 2 aromatic carbocycles. The fourth-order valence-corrected chi connectivity index (χ4v) is 2.82. The number of hydrogen-bond acceptors (Lipinski definition) is 3. The Morgan fingerprint density at radius 1 is 1.00 bits per heavy atom. The summed E-state index contributed by atoms with van der Waals surface area (Å²) in [4.78, 5) is 26.2. The van der Waals surface area contributed by atoms with Crippen LogP contribution in [-0.4, -0.2) is 36.3 Å². The van der Waals surface area contributed by atoms with Gasteiger partial charge in [-0.2, -0.15) is 0 Å². The van der Waals surface area contributed by atoms with E-state index in [1.54, 1.807) is 55.3 Å². The summed E-state index contributed by atoms with van der Waals surface area (Å²) in [5, 5.41) is 6.76. The number of rotatable bonds is 6. The minimum Gasteiger partial charge on any atom is -0.325 e. The molecule has 0 aliphatic carbocycles. The standard InChI is InChI=1S/C18H17Cl4N3O2/c1-10(18(27)24-15-5-3-4-13(20)17(15)22)25(2)9-16(26)23-11-6-7-12(19)14(21)8-11/h3-8,10H,9H2,1-2H3,(H,23,26)(H,24,27)/t10-/m0/s1. The van der Waals surface area contributed by atoms with Crippen molar-refractivity contribution in [1.82, 2.24) is 4.90 Å². The van der Waals surface area contributed by atoms with Gasteiger partial charge in [-0.25, -0.2) is 0 Å². The maximum absolute atomic E-state index is 12.4. The van der Waals surface area contributed by atoms with E-state index in [0.717, 1.165) is 0 Å². The predicted octanol–water partition coefficient (Wildman–Crippen LogP) is 5.20. The number of halogens is 4. The van der Waals surface area contributed by atoms with Crippen LogP contribution in [0.1, 0.15) is 6.92 Å². The number of anilines is 2. The summed E-state index contributed by atoms with van der Waals surface area (Å²) >= 11 is 23.8. The summed E-state index contributed by atoms with van der Waals surface area (Å²) in [6.07, 6.45) is 0. The van der Waals surface area contributed by atoms with Gasteiger partial charge in [0.1, 0.15) is 0 Å². The predicted molar refractivity (Wildman–Crippen MR) is 112 cm³/mol. The highest BCUT2D eigenvalue weighted by Crippen LogP contribution is 2.29. The molecule has 0 spiro atoms. The molecule has 2 aromatic rings. The number of nitrogens with zero attached hydrogens (tertiary/aromatic N) is 1. The topological polar surface area (TPSA) is 61.4 Å². The van der Waals surface area contributed by atoms with E-state index in [0.29, 0.717) is 26.4 Å². The molecule has 0 saturated carbocycles. The van der Waals surface area contributed by atoms with Gasteiger partial charge < -0.3 is 10.6 Å². The van der Waals surface area contributed by atoms with Crippen LogP contribution in [0.25, 0.3) is 0 Å². The first kappa shape index (κ1) is 21.8. The van der Waals surface area contributed by atoms with Gasteiger partial charge in [0.25, 0.3) is 0 Å². The van der Waals surface area contributed by atoms with Crippen LogP contribution in [0, 0.1) is 0 Å². The van der Waals surface area contributed by atoms with E-state index in [4.69, 9.17) is 46.4 Å². The number of nitrogens with one attached hydrogen (secondary N) is 2. The lowest BCUT2D eigenvalue weighted by molar-refractivity contribution is -0.122. The van der Waals surface area contributed by atoms with E-state index in [1.807, 2.05) is 0 Å². The van der Waals surface area contributed by atoms with Gasteiger partial charge in [-0.1, -0.05) is 52.5 Å². The van der Waals surface area contributed by atoms with Gasteiger partial charge in [0, 0.05) is 5.69 Å². The molecule has 0 saturated heterocycles. The number of hydrogen-bond donors (Lipinski definition) is 2. The van der Waals surface area contributed by atoms with Crippen molar-refractivity contribution in [3.63, 3.8) is 0 Å². The zero-order chi connectivity index (χ0) is 20.1. The van der Waals surface area contributed by atoms with Crippen LogP contribution in [0.4, 0.5) is 11.4 Å². The molecule has 2 amide bonds. The third-order valence-electron chi connectivity index (χ3n) is 3.85. The van der Waals surface area contributed by atoms with Crippen LogP contribution in [0.15, 0.2) is 36.4 Å². The Balaban J connectivity index is 1.94. The summed E-state index contributed by atoms with van der Waals surface area (Å²) in [5.41, 5.74) is 0.931. The first-order chi connectivity index (χ1) is 12.7. The van der Waals surface area contributed by atoms with E-state index in [2.05, 4.69) is 10.6 Å². The van der Waals surface area contributed by atoms with Crippen molar-refractivity contribution in [2.75, 3.05) is 24.2 Å². The Hall–Kier alpha value is -1.50. The van der Waals surface area contributed by atoms with Crippen molar-refractivity contribution in [2.24, 2.45) is 0 Å². The lowest BCUT2D eigenvalue weighted by atomic mass is 10.2. The molecule has 0 bridgehead atoms. The van der Waals surface area contributed by atoms with Gasteiger partial charge in [-0.3, -0.25) is 14.5 Å². The van der Waals surface area contributed by atoms with Crippen molar-refractivity contribution in [3.8, 4) is 0 Å². The van der Waals surface area contributed by atoms with Crippen molar-refractivity contribution >= 4 is 69.6 Å². The van der Waals surface area contributed by atoms with E-state index in [-0.39, 0.29) is 23.4 Å². The van der Waals surface area contributed by atoms with Gasteiger partial charge in [0.15, 0.2) is 0 Å². The first-order valence-electron chi connectivity index (χ1n) is 7.89. The zero-order valence-electron chi connectivity index (χ0n) is 14.5. The Labute approximate surface area is 177 Å². The molecule has 2 rings (SSSR count). The normalized spacial score (nSPS) is 12.0. The Morgan fingerprint density at radius 2 is 1.70 bits per heavy atom. The molecule has 0 aliphatic heterocycles. The minimum atomic E-state index is -0.584. The van der Waals surface area contributed by atoms with Crippen molar-refractivity contribution < 1.29 is 9.59 Å². The third-order valence-corrected chi connectivity index (χ3v) is 5.40. The molecule has 0 aromatic heterocycles. The summed E-state index contributed by atoms with van der Waals surface area (Å²) < 4.78 is 0. The van der Waals surface area contributed by atoms with E-state index < -0.39 is 6.04 Å². The van der Waals surface area contributed by atoms with Crippen molar-refractivity contribution in [3.05, 3.63) is 56.5 Å². The highest BCUT2D eigenvalue weighted by molar-refractivity contribution is 6.44. The van der Waals surface area contributed by atoms with Gasteiger partial charge in [-0.05, 0) is 44.3 Å². The molecule has 9 heteroatoms. The Bertz CT molecular complexity index is 860. The summed E-state index contributed by atoms with van der Waals surface area (Å²) in [5.74, 6) is -0.611. The molecule has 5 nitrogen and oxygen atoms in total. The SMILES string of the molecule is C[C@@H](C(=O)Nc1cccc(Cl)c1Cl)N(C)CC(=O)Nc1ccc(Cl)c(Cl)c1. The Morgan fingerprint density at radius 3 is 2.37 bits per heavy atom. The number of carbonyl (C=O) groups is 2. The zero-order valence-corrected chi connectivity index (χ0v) is 17.5. The van der Waals surface area contributed by atoms with Gasteiger partial charge in [0.2, 0.25) is 11.8 Å². The van der Waals surface area contributed by atoms with E-state index in [9.17, 15) is 9.59 Å². The van der Waals surface area contributed by atoms with Crippen LogP contribution < -0.4 is 10.6 Å². The van der Waals surface area contributed by atoms with Gasteiger partial charge >= 0.3 is 0 Å². The molecule has 0 heterocycles. The molecule has 0 radical (unpaired) electrons. The highest BCUT2D eigenvalue weighted by Gasteiger charge is 2.21. The maximum Gasteiger partial charge on any atom is 0.241 e. The molecule has 0 fully saturated rings. The fourth-order valence-electron chi connectivity index (χ4n) is 2.18. The maximum atomic E-state index is 12.4. The number of amides is 2. The molecule has 1 atom stereocenters. The van der Waals surface area contributed by atoms with Gasteiger partial charge in [-0.15, -0.1) is 0 Å². The second-order valence-corrected chi connectivity index (χ2v) is 7.46. The molecule has 2 N–H and O–H groups in total. The number of benzene rings is 2. The second kappa shape index (κ2) is 9.62. The molecular formula is C18H17Cl4N3O2. The third kappa shape index (κ3) is 5.99. The van der Waals surface area contributed by atoms with Crippen LogP contribution in [0.5, 0.6) is 0 Å². The Kier molecular flexibility index (Phi) is 7.77. The number of carbonyl (C=O) groups excluding carboxylic acids is 2. The summed E-state index contributed by atoms with van der Waals surface area (Å²) in [6.45, 7) is 1.68. The first-order valence-corrected chi connectivity index (χ1v) is 9.40. The summed E-state index contributed by atoms with van der Waals surface area (Å²) in [6, 6.07) is 9.16. The van der Waals surface area contributed by atoms with Crippen LogP contribution in [0.2, 0.25) is 20.1 Å². The fraction of sp³-hybridized carbons (Fsp3) is 0.222. The van der Waals surface area contributed by atoms with Crippen LogP contribution >= 0.6 is 46.4 Å².